The molecule has 0 heterocycles. The molecule has 0 aliphatic carbocycles. The topological polar surface area (TPSA) is 0 Å². The molecule has 1 rings (SSSR count). The molecule has 0 fully saturated rings. The summed E-state index contributed by atoms with van der Waals surface area (Å²) in [6.07, 6.45) is 2.61. The van der Waals surface area contributed by atoms with Crippen LogP contribution in [0.5, 0.6) is 0 Å². The first kappa shape index (κ1) is 8.87. The van der Waals surface area contributed by atoms with E-state index in [9.17, 15) is 0 Å². The van der Waals surface area contributed by atoms with Crippen LogP contribution in [0.2, 0.25) is 0 Å². The number of benzene rings is 1. The van der Waals surface area contributed by atoms with Gasteiger partial charge in [0.2, 0.25) is 0 Å². The van der Waals surface area contributed by atoms with Crippen molar-refractivity contribution in [3.63, 3.8) is 0 Å². The average Bonchev–Trinajstić information content (AvgIpc) is 2.07. The third-order valence-electron chi connectivity index (χ3n) is 1.83. The molecule has 0 N–H and O–H groups in total. The van der Waals surface area contributed by atoms with E-state index in [4.69, 9.17) is 0 Å². The maximum absolute atomic E-state index is 2.25. The van der Waals surface area contributed by atoms with E-state index >= 15 is 0 Å². The zero-order valence-corrected chi connectivity index (χ0v) is 9.38. The summed E-state index contributed by atoms with van der Waals surface area (Å²) >= 11 is 1.84. The van der Waals surface area contributed by atoms with Crippen LogP contribution in [-0.2, 0) is 0 Å². The van der Waals surface area contributed by atoms with Crippen LogP contribution in [0.1, 0.15) is 30.0 Å². The van der Waals surface area contributed by atoms with Crippen LogP contribution in [0, 0.1) is 0 Å². The van der Waals surface area contributed by atoms with Crippen LogP contribution in [0.15, 0.2) is 30.3 Å². The summed E-state index contributed by atoms with van der Waals surface area (Å²) in [7, 11) is 0. The van der Waals surface area contributed by atoms with Crippen LogP contribution < -0.4 is 0 Å². The SMILES string of the molecule is CCCC([AsH2])c1ccccc1. The Morgan fingerprint density at radius 1 is 1.27 bits per heavy atom. The van der Waals surface area contributed by atoms with Gasteiger partial charge in [-0.3, -0.25) is 0 Å². The molecule has 11 heavy (non-hydrogen) atoms. The molecule has 0 nitrogen and oxygen atoms in total. The minimum atomic E-state index is 0.786. The fraction of sp³-hybridized carbons (Fsp3) is 0.400. The third-order valence-corrected chi connectivity index (χ3v) is 3.33. The zero-order chi connectivity index (χ0) is 8.10. The van der Waals surface area contributed by atoms with Crippen molar-refractivity contribution in [1.29, 1.82) is 0 Å². The Morgan fingerprint density at radius 3 is 2.45 bits per heavy atom. The molecule has 2 unspecified atom stereocenters. The van der Waals surface area contributed by atoms with Gasteiger partial charge in [0.25, 0.3) is 0 Å². The van der Waals surface area contributed by atoms with Crippen molar-refractivity contribution in [2.75, 3.05) is 0 Å². The molecule has 1 aromatic rings. The fourth-order valence-corrected chi connectivity index (χ4v) is 2.34. The molecule has 0 saturated heterocycles. The summed E-state index contributed by atoms with van der Waals surface area (Å²) in [6.45, 7) is 2.25. The van der Waals surface area contributed by atoms with E-state index in [-0.39, 0.29) is 0 Å². The normalized spacial score (nSPS) is 12.9. The van der Waals surface area contributed by atoms with Crippen LogP contribution in [-0.4, -0.2) is 16.9 Å². The molecular weight excluding hydrogens is 195 g/mol. The second kappa shape index (κ2) is 4.61. The van der Waals surface area contributed by atoms with Crippen LogP contribution in [0.3, 0.4) is 0 Å². The maximum atomic E-state index is 2.25. The second-order valence-corrected chi connectivity index (χ2v) is 4.49. The summed E-state index contributed by atoms with van der Waals surface area (Å²) in [5, 5.41) is 0. The van der Waals surface area contributed by atoms with Crippen molar-refractivity contribution < 1.29 is 0 Å². The quantitative estimate of drug-likeness (QED) is 0.670. The van der Waals surface area contributed by atoms with Crippen LogP contribution in [0.4, 0.5) is 0 Å². The fourth-order valence-electron chi connectivity index (χ4n) is 1.18. The number of hydrogen-bond acceptors (Lipinski definition) is 0. The van der Waals surface area contributed by atoms with Gasteiger partial charge in [-0.05, 0) is 0 Å². The molecule has 0 aliphatic rings. The summed E-state index contributed by atoms with van der Waals surface area (Å²) in [5.74, 6) is 0. The molecule has 1 heteroatoms. The Hall–Kier alpha value is -0.222. The predicted octanol–water partition coefficient (Wildman–Crippen LogP) is 2.16. The molecule has 2 atom stereocenters. The third kappa shape index (κ3) is 2.71. The molecule has 60 valence electrons. The summed E-state index contributed by atoms with van der Waals surface area (Å²) < 4.78 is 0.786. The molecule has 0 radical (unpaired) electrons. The summed E-state index contributed by atoms with van der Waals surface area (Å²) in [6, 6.07) is 10.8. The van der Waals surface area contributed by atoms with Gasteiger partial charge >= 0.3 is 77.2 Å². The molecule has 1 aromatic carbocycles. The van der Waals surface area contributed by atoms with Crippen molar-refractivity contribution in [3.05, 3.63) is 35.9 Å². The number of hydrogen-bond donors (Lipinski definition) is 0. The van der Waals surface area contributed by atoms with Crippen molar-refractivity contribution in [1.82, 2.24) is 0 Å². The predicted molar refractivity (Wildman–Crippen MR) is 52.6 cm³/mol. The van der Waals surface area contributed by atoms with Crippen molar-refractivity contribution in [2.45, 2.75) is 24.5 Å². The van der Waals surface area contributed by atoms with Gasteiger partial charge in [0.15, 0.2) is 0 Å². The minimum absolute atomic E-state index is 0.786. The molecule has 0 saturated carbocycles. The van der Waals surface area contributed by atoms with Crippen molar-refractivity contribution >= 4 is 16.9 Å². The molecule has 0 aliphatic heterocycles. The van der Waals surface area contributed by atoms with Gasteiger partial charge in [-0.1, -0.05) is 0 Å². The van der Waals surface area contributed by atoms with Crippen LogP contribution >= 0.6 is 0 Å². The Balaban J connectivity index is 2.61. The van der Waals surface area contributed by atoms with Gasteiger partial charge in [-0.25, -0.2) is 0 Å². The van der Waals surface area contributed by atoms with E-state index in [1.165, 1.54) is 18.4 Å². The number of rotatable bonds is 3. The zero-order valence-electron chi connectivity index (χ0n) is 6.96. The molecular formula is C10H15As. The molecule has 0 bridgehead atoms. The van der Waals surface area contributed by atoms with E-state index in [1.807, 2.05) is 16.9 Å². The second-order valence-electron chi connectivity index (χ2n) is 2.81. The molecule has 0 spiro atoms. The molecule has 0 amide bonds. The van der Waals surface area contributed by atoms with Gasteiger partial charge in [-0.2, -0.15) is 0 Å². The van der Waals surface area contributed by atoms with Crippen molar-refractivity contribution in [3.8, 4) is 0 Å². The van der Waals surface area contributed by atoms with E-state index in [0.29, 0.717) is 0 Å². The molecule has 0 aromatic heterocycles. The van der Waals surface area contributed by atoms with Gasteiger partial charge < -0.3 is 0 Å². The van der Waals surface area contributed by atoms with E-state index in [1.54, 1.807) is 0 Å². The average molecular weight is 210 g/mol. The van der Waals surface area contributed by atoms with E-state index < -0.39 is 0 Å². The van der Waals surface area contributed by atoms with Gasteiger partial charge in [0.05, 0.1) is 0 Å². The van der Waals surface area contributed by atoms with E-state index in [0.717, 1.165) is 4.71 Å². The first-order valence-corrected chi connectivity index (χ1v) is 5.55. The Kier molecular flexibility index (Phi) is 3.72. The summed E-state index contributed by atoms with van der Waals surface area (Å²) in [5.41, 5.74) is 1.49. The Labute approximate surface area is 77.5 Å². The summed E-state index contributed by atoms with van der Waals surface area (Å²) in [4.78, 5) is 0. The first-order valence-electron chi connectivity index (χ1n) is 4.15. The standard InChI is InChI=1S/C10H15As/c1-2-6-10(11)9-7-4-3-5-8-9/h3-5,7-8,10H,2,6,11H2,1H3. The Morgan fingerprint density at radius 2 is 1.91 bits per heavy atom. The van der Waals surface area contributed by atoms with Gasteiger partial charge in [0.1, 0.15) is 0 Å². The van der Waals surface area contributed by atoms with E-state index in [2.05, 4.69) is 37.3 Å². The monoisotopic (exact) mass is 210 g/mol. The van der Waals surface area contributed by atoms with Gasteiger partial charge in [0, 0.05) is 0 Å². The van der Waals surface area contributed by atoms with Crippen LogP contribution in [0.25, 0.3) is 0 Å². The Bertz CT molecular complexity index is 193. The van der Waals surface area contributed by atoms with Crippen molar-refractivity contribution in [2.24, 2.45) is 0 Å². The van der Waals surface area contributed by atoms with Gasteiger partial charge in [-0.15, -0.1) is 0 Å². The first-order chi connectivity index (χ1) is 5.34.